The smallest absolute Gasteiger partial charge is 0.270 e. The quantitative estimate of drug-likeness (QED) is 0.852. The predicted octanol–water partition coefficient (Wildman–Crippen LogP) is 1.92. The van der Waals surface area contributed by atoms with Gasteiger partial charge in [-0.2, -0.15) is 0 Å². The molecule has 0 spiro atoms. The van der Waals surface area contributed by atoms with E-state index in [4.69, 9.17) is 0 Å². The van der Waals surface area contributed by atoms with E-state index in [9.17, 15) is 9.90 Å². The van der Waals surface area contributed by atoms with Crippen LogP contribution in [0, 0.1) is 5.92 Å². The van der Waals surface area contributed by atoms with Crippen molar-refractivity contribution in [1.29, 1.82) is 0 Å². The average Bonchev–Trinajstić information content (AvgIpc) is 2.98. The van der Waals surface area contributed by atoms with Crippen LogP contribution in [0.4, 0.5) is 0 Å². The normalized spacial score (nSPS) is 17.4. The van der Waals surface area contributed by atoms with Crippen molar-refractivity contribution in [3.8, 4) is 0 Å². The zero-order valence-corrected chi connectivity index (χ0v) is 11.4. The summed E-state index contributed by atoms with van der Waals surface area (Å²) in [5, 5.41) is 12.4. The number of aromatic nitrogens is 1. The fourth-order valence-electron chi connectivity index (χ4n) is 2.72. The molecule has 1 aliphatic rings. The van der Waals surface area contributed by atoms with Crippen LogP contribution in [-0.4, -0.2) is 28.6 Å². The van der Waals surface area contributed by atoms with Crippen molar-refractivity contribution in [1.82, 2.24) is 10.3 Å². The summed E-state index contributed by atoms with van der Waals surface area (Å²) >= 11 is 0. The summed E-state index contributed by atoms with van der Waals surface area (Å²) in [6.45, 7) is 2.02. The first-order valence-electron chi connectivity index (χ1n) is 7.12. The van der Waals surface area contributed by atoms with Crippen LogP contribution < -0.4 is 5.32 Å². The van der Waals surface area contributed by atoms with Crippen LogP contribution in [0.1, 0.15) is 48.8 Å². The molecule has 1 aromatic rings. The maximum absolute atomic E-state index is 12.2. The number of pyridine rings is 1. The fraction of sp³-hybridized carbons (Fsp3) is 0.600. The zero-order valence-electron chi connectivity index (χ0n) is 11.4. The third-order valence-corrected chi connectivity index (χ3v) is 3.88. The summed E-state index contributed by atoms with van der Waals surface area (Å²) in [4.78, 5) is 16.5. The van der Waals surface area contributed by atoms with Crippen LogP contribution in [0.15, 0.2) is 18.2 Å². The van der Waals surface area contributed by atoms with Crippen molar-refractivity contribution in [3.05, 3.63) is 29.6 Å². The number of carbonyl (C=O) groups is 1. The van der Waals surface area contributed by atoms with Crippen LogP contribution in [0.5, 0.6) is 0 Å². The third kappa shape index (κ3) is 3.53. The van der Waals surface area contributed by atoms with Crippen LogP contribution in [0.2, 0.25) is 0 Å². The molecule has 2 rings (SSSR count). The lowest BCUT2D eigenvalue weighted by Crippen LogP contribution is -2.42. The maximum Gasteiger partial charge on any atom is 0.270 e. The van der Waals surface area contributed by atoms with Crippen LogP contribution in [-0.2, 0) is 6.42 Å². The van der Waals surface area contributed by atoms with E-state index >= 15 is 0 Å². The van der Waals surface area contributed by atoms with Gasteiger partial charge in [-0.05, 0) is 37.3 Å². The molecule has 0 radical (unpaired) electrons. The van der Waals surface area contributed by atoms with Crippen LogP contribution in [0.25, 0.3) is 0 Å². The number of aliphatic hydroxyl groups is 1. The molecule has 2 N–H and O–H groups in total. The Bertz CT molecular complexity index is 428. The Kier molecular flexibility index (Phi) is 4.91. The summed E-state index contributed by atoms with van der Waals surface area (Å²) in [6.07, 6.45) is 5.39. The van der Waals surface area contributed by atoms with Crippen molar-refractivity contribution in [2.24, 2.45) is 5.92 Å². The van der Waals surface area contributed by atoms with Gasteiger partial charge in [0.1, 0.15) is 5.69 Å². The first kappa shape index (κ1) is 14.0. The Morgan fingerprint density at radius 1 is 1.47 bits per heavy atom. The van der Waals surface area contributed by atoms with Gasteiger partial charge < -0.3 is 10.4 Å². The highest BCUT2D eigenvalue weighted by atomic mass is 16.3. The van der Waals surface area contributed by atoms with Crippen molar-refractivity contribution >= 4 is 5.91 Å². The van der Waals surface area contributed by atoms with Crippen molar-refractivity contribution in [2.45, 2.75) is 45.1 Å². The number of carbonyl (C=O) groups excluding carboxylic acids is 1. The predicted molar refractivity (Wildman–Crippen MR) is 73.9 cm³/mol. The second-order valence-corrected chi connectivity index (χ2v) is 5.17. The standard InChI is InChI=1S/C15H22N2O2/c1-2-12-8-5-9-13(16-12)15(19)17-14(10-18)11-6-3-4-7-11/h5,8-9,11,14,18H,2-4,6-7,10H2,1H3,(H,17,19). The molecule has 19 heavy (non-hydrogen) atoms. The molecule has 1 heterocycles. The largest absolute Gasteiger partial charge is 0.394 e. The molecule has 1 amide bonds. The molecule has 0 bridgehead atoms. The van der Waals surface area contributed by atoms with Gasteiger partial charge in [-0.15, -0.1) is 0 Å². The molecule has 4 heteroatoms. The molecule has 104 valence electrons. The number of aryl methyl sites for hydroxylation is 1. The summed E-state index contributed by atoms with van der Waals surface area (Å²) in [7, 11) is 0. The molecule has 1 saturated carbocycles. The van der Waals surface area contributed by atoms with E-state index in [1.807, 2.05) is 19.1 Å². The van der Waals surface area contributed by atoms with Gasteiger partial charge in [-0.1, -0.05) is 25.8 Å². The van der Waals surface area contributed by atoms with E-state index in [0.29, 0.717) is 11.6 Å². The van der Waals surface area contributed by atoms with Gasteiger partial charge in [0.15, 0.2) is 0 Å². The van der Waals surface area contributed by atoms with Gasteiger partial charge in [0, 0.05) is 5.69 Å². The number of aliphatic hydroxyl groups excluding tert-OH is 1. The third-order valence-electron chi connectivity index (χ3n) is 3.88. The summed E-state index contributed by atoms with van der Waals surface area (Å²) < 4.78 is 0. The molecule has 1 aromatic heterocycles. The van der Waals surface area contributed by atoms with E-state index in [1.165, 1.54) is 12.8 Å². The van der Waals surface area contributed by atoms with Gasteiger partial charge in [0.05, 0.1) is 12.6 Å². The molecule has 1 atom stereocenters. The molecular formula is C15H22N2O2. The van der Waals surface area contributed by atoms with Gasteiger partial charge in [-0.3, -0.25) is 4.79 Å². The summed E-state index contributed by atoms with van der Waals surface area (Å²) in [6, 6.07) is 5.35. The van der Waals surface area contributed by atoms with E-state index in [2.05, 4.69) is 10.3 Å². The minimum Gasteiger partial charge on any atom is -0.394 e. The number of hydrogen-bond acceptors (Lipinski definition) is 3. The monoisotopic (exact) mass is 262 g/mol. The minimum atomic E-state index is -0.179. The Morgan fingerprint density at radius 2 is 2.21 bits per heavy atom. The lowest BCUT2D eigenvalue weighted by Gasteiger charge is -2.22. The van der Waals surface area contributed by atoms with Crippen molar-refractivity contribution in [2.75, 3.05) is 6.61 Å². The molecule has 1 fully saturated rings. The van der Waals surface area contributed by atoms with E-state index in [1.54, 1.807) is 6.07 Å². The highest BCUT2D eigenvalue weighted by molar-refractivity contribution is 5.92. The molecule has 1 unspecified atom stereocenters. The molecule has 4 nitrogen and oxygen atoms in total. The SMILES string of the molecule is CCc1cccc(C(=O)NC(CO)C2CCCC2)n1. The van der Waals surface area contributed by atoms with Crippen LogP contribution >= 0.6 is 0 Å². The first-order valence-corrected chi connectivity index (χ1v) is 7.12. The number of hydrogen-bond donors (Lipinski definition) is 2. The second-order valence-electron chi connectivity index (χ2n) is 5.17. The molecule has 0 aliphatic heterocycles. The summed E-state index contributed by atoms with van der Waals surface area (Å²) in [5.41, 5.74) is 1.35. The molecular weight excluding hydrogens is 240 g/mol. The fourth-order valence-corrected chi connectivity index (χ4v) is 2.72. The topological polar surface area (TPSA) is 62.2 Å². The average molecular weight is 262 g/mol. The van der Waals surface area contributed by atoms with Crippen molar-refractivity contribution < 1.29 is 9.90 Å². The van der Waals surface area contributed by atoms with E-state index in [0.717, 1.165) is 25.0 Å². The minimum absolute atomic E-state index is 0.00384. The number of rotatable bonds is 5. The number of amides is 1. The number of nitrogens with zero attached hydrogens (tertiary/aromatic N) is 1. The molecule has 0 saturated heterocycles. The maximum atomic E-state index is 12.2. The van der Waals surface area contributed by atoms with Gasteiger partial charge in [0.2, 0.25) is 0 Å². The molecule has 1 aliphatic carbocycles. The highest BCUT2D eigenvalue weighted by Crippen LogP contribution is 2.27. The zero-order chi connectivity index (χ0) is 13.7. The van der Waals surface area contributed by atoms with Gasteiger partial charge in [-0.25, -0.2) is 4.98 Å². The van der Waals surface area contributed by atoms with Gasteiger partial charge in [0.25, 0.3) is 5.91 Å². The summed E-state index contributed by atoms with van der Waals surface area (Å²) in [5.74, 6) is 0.226. The highest BCUT2D eigenvalue weighted by Gasteiger charge is 2.26. The molecule has 0 aromatic carbocycles. The van der Waals surface area contributed by atoms with E-state index < -0.39 is 0 Å². The lowest BCUT2D eigenvalue weighted by molar-refractivity contribution is 0.0884. The van der Waals surface area contributed by atoms with Crippen LogP contribution in [0.3, 0.4) is 0 Å². The Balaban J connectivity index is 2.01. The Labute approximate surface area is 114 Å². The number of nitrogens with one attached hydrogen (secondary N) is 1. The van der Waals surface area contributed by atoms with Gasteiger partial charge >= 0.3 is 0 Å². The van der Waals surface area contributed by atoms with E-state index in [-0.39, 0.29) is 18.6 Å². The van der Waals surface area contributed by atoms with Crippen molar-refractivity contribution in [3.63, 3.8) is 0 Å². The first-order chi connectivity index (χ1) is 9.24. The lowest BCUT2D eigenvalue weighted by atomic mass is 9.98. The second kappa shape index (κ2) is 6.66. The Hall–Kier alpha value is -1.42. The Morgan fingerprint density at radius 3 is 2.84 bits per heavy atom.